The normalized spacial score (nSPS) is 25.3. The van der Waals surface area contributed by atoms with Crippen molar-refractivity contribution in [2.24, 2.45) is 17.6 Å². The summed E-state index contributed by atoms with van der Waals surface area (Å²) in [6, 6.07) is 11.2. The maximum atomic E-state index is 11.9. The molecule has 6 N–H and O–H groups in total. The molecule has 16 nitrogen and oxygen atoms in total. The van der Waals surface area contributed by atoms with Gasteiger partial charge in [0.25, 0.3) is 0 Å². The van der Waals surface area contributed by atoms with Crippen LogP contribution in [0.4, 0.5) is 0 Å². The lowest BCUT2D eigenvalue weighted by atomic mass is 9.86. The van der Waals surface area contributed by atoms with Crippen LogP contribution in [-0.2, 0) is 47.9 Å². The van der Waals surface area contributed by atoms with Crippen LogP contribution < -0.4 is 29.6 Å². The minimum absolute atomic E-state index is 0.0275. The fraction of sp³-hybridized carbons (Fsp3) is 0.545. The van der Waals surface area contributed by atoms with Gasteiger partial charge < -0.3 is 64.2 Å². The van der Waals surface area contributed by atoms with E-state index >= 15 is 0 Å². The molecule has 324 valence electrons. The maximum Gasteiger partial charge on any atom is 0.317 e. The number of phenols is 1. The molecule has 0 unspecified atom stereocenters. The van der Waals surface area contributed by atoms with Crippen LogP contribution in [0.1, 0.15) is 91.4 Å². The van der Waals surface area contributed by atoms with E-state index in [1.54, 1.807) is 12.1 Å². The summed E-state index contributed by atoms with van der Waals surface area (Å²) in [5.41, 5.74) is 10.8. The van der Waals surface area contributed by atoms with E-state index in [0.29, 0.717) is 59.7 Å². The third-order valence-electron chi connectivity index (χ3n) is 11.7. The molecule has 5 aliphatic rings. The van der Waals surface area contributed by atoms with E-state index < -0.39 is 61.8 Å². The van der Waals surface area contributed by atoms with Crippen molar-refractivity contribution in [2.75, 3.05) is 33.2 Å². The van der Waals surface area contributed by atoms with Crippen molar-refractivity contribution in [3.63, 3.8) is 0 Å². The third kappa shape index (κ3) is 8.94. The topological polar surface area (TPSA) is 224 Å². The number of carbonyl (C=O) groups is 2. The predicted octanol–water partition coefficient (Wildman–Crippen LogP) is 4.37. The Bertz CT molecular complexity index is 2050. The number of carboxylic acids is 1. The number of aromatic hydroxyl groups is 1. The van der Waals surface area contributed by atoms with Gasteiger partial charge >= 0.3 is 11.9 Å². The minimum Gasteiger partial charge on any atom is -0.508 e. The smallest absolute Gasteiger partial charge is 0.317 e. The summed E-state index contributed by atoms with van der Waals surface area (Å²) >= 11 is 0. The van der Waals surface area contributed by atoms with E-state index in [-0.39, 0.29) is 37.4 Å². The molecule has 7 atom stereocenters. The van der Waals surface area contributed by atoms with Crippen molar-refractivity contribution < 1.29 is 72.9 Å². The highest BCUT2D eigenvalue weighted by Crippen LogP contribution is 2.57. The maximum absolute atomic E-state index is 11.9. The van der Waals surface area contributed by atoms with Gasteiger partial charge in [-0.15, -0.1) is 0 Å². The number of nitrogens with two attached hydrogens (primary N) is 1. The Hall–Kier alpha value is -4.84. The molecule has 0 bridgehead atoms. The number of carboxylic acid groups (broad SMARTS) is 1. The van der Waals surface area contributed by atoms with E-state index in [1.807, 2.05) is 18.2 Å². The van der Waals surface area contributed by atoms with Crippen LogP contribution >= 0.6 is 0 Å². The average Bonchev–Trinajstić information content (AvgIpc) is 3.98. The highest BCUT2D eigenvalue weighted by atomic mass is 17.2. The van der Waals surface area contributed by atoms with Crippen molar-refractivity contribution in [3.8, 4) is 34.5 Å². The molecule has 0 spiro atoms. The second-order valence-corrected chi connectivity index (χ2v) is 16.7. The summed E-state index contributed by atoms with van der Waals surface area (Å²) in [6.07, 6.45) is -2.14. The number of aliphatic hydroxyl groups is 2. The van der Waals surface area contributed by atoms with Crippen LogP contribution in [0, 0.1) is 11.8 Å². The third-order valence-corrected chi connectivity index (χ3v) is 11.7. The Morgan fingerprint density at radius 1 is 0.933 bits per heavy atom. The number of aliphatic carboxylic acids is 1. The van der Waals surface area contributed by atoms with Crippen LogP contribution in [0.2, 0.25) is 0 Å². The van der Waals surface area contributed by atoms with Crippen LogP contribution in [-0.4, -0.2) is 96.2 Å². The number of hydrogen-bond donors (Lipinski definition) is 5. The van der Waals surface area contributed by atoms with E-state index in [2.05, 4.69) is 19.9 Å². The van der Waals surface area contributed by atoms with Gasteiger partial charge in [-0.25, -0.2) is 0 Å². The van der Waals surface area contributed by atoms with E-state index in [0.717, 1.165) is 47.3 Å². The van der Waals surface area contributed by atoms with Gasteiger partial charge in [-0.2, -0.15) is 4.89 Å². The molecule has 4 aliphatic heterocycles. The van der Waals surface area contributed by atoms with Gasteiger partial charge in [0.05, 0.1) is 19.1 Å². The molecule has 2 fully saturated rings. The quantitative estimate of drug-likeness (QED) is 0.0585. The SMILES string of the molecule is CC(C)Cc1c2c(cc3c1O[C@@H]1c4cc(OO[C@H]5[C@H](OCCN)O[C@H](COC(=O)CC(=O)O)[C@@H](O)[C@@H]5O)c(Cc5cc(O)cc(CC6CCCC6)c5)cc4OC[C@H]31)OCO2. The van der Waals surface area contributed by atoms with Crippen molar-refractivity contribution in [1.29, 1.82) is 0 Å². The first-order chi connectivity index (χ1) is 28.9. The van der Waals surface area contributed by atoms with E-state index in [4.69, 9.17) is 53.8 Å². The van der Waals surface area contributed by atoms with Crippen LogP contribution in [0.25, 0.3) is 0 Å². The average molecular weight is 836 g/mol. The summed E-state index contributed by atoms with van der Waals surface area (Å²) in [4.78, 5) is 35.0. The second kappa shape index (κ2) is 18.0. The van der Waals surface area contributed by atoms with Gasteiger partial charge in [-0.05, 0) is 66.1 Å². The number of fused-ring (bicyclic) bond motifs is 6. The Kier molecular flexibility index (Phi) is 12.6. The van der Waals surface area contributed by atoms with Crippen molar-refractivity contribution in [3.05, 3.63) is 69.8 Å². The molecule has 8 rings (SSSR count). The molecule has 0 amide bonds. The highest BCUT2D eigenvalue weighted by Gasteiger charge is 2.48. The summed E-state index contributed by atoms with van der Waals surface area (Å²) in [5.74, 6) is 1.37. The Morgan fingerprint density at radius 3 is 2.50 bits per heavy atom. The zero-order chi connectivity index (χ0) is 42.1. The molecule has 60 heavy (non-hydrogen) atoms. The summed E-state index contributed by atoms with van der Waals surface area (Å²) in [7, 11) is 0. The van der Waals surface area contributed by atoms with Crippen LogP contribution in [0.3, 0.4) is 0 Å². The number of carbonyl (C=O) groups excluding carboxylic acids is 1. The first-order valence-electron chi connectivity index (χ1n) is 20.7. The molecule has 1 saturated heterocycles. The number of phenolic OH excluding ortho intramolecular Hbond substituents is 1. The number of benzene rings is 3. The molecule has 16 heteroatoms. The molecular formula is C44H53NO15. The first-order valence-corrected chi connectivity index (χ1v) is 20.7. The monoisotopic (exact) mass is 835 g/mol. The standard InChI is InChI=1S/C44H53NO15/c1-22(2)9-30-40-28(16-34-42(30)56-21-55-34)31-19-53-33-15-26(12-25-11-24(13-27(46)14-25)10-23-5-3-4-6-23)32(17-29(33)41(31)58-40)59-60-43-39(51)38(50)35(57-44(43)52-8-7-45)20-54-37(49)18-36(47)48/h11,13-17,22-23,31,35,38-39,41,43-44,46,50-51H,3-10,12,18-21,45H2,1-2H3,(H,47,48)/t31-,35-,38-,39+,41-,43-,44-/m1/s1. The summed E-state index contributed by atoms with van der Waals surface area (Å²) < 4.78 is 41.7. The lowest BCUT2D eigenvalue weighted by Crippen LogP contribution is -2.60. The number of aliphatic hydroxyl groups excluding tert-OH is 2. The Labute approximate surface area is 347 Å². The van der Waals surface area contributed by atoms with E-state index in [9.17, 15) is 24.9 Å². The molecular weight excluding hydrogens is 782 g/mol. The first kappa shape index (κ1) is 41.9. The van der Waals surface area contributed by atoms with Gasteiger partial charge in [0.15, 0.2) is 29.6 Å². The van der Waals surface area contributed by atoms with Gasteiger partial charge in [0, 0.05) is 35.2 Å². The second-order valence-electron chi connectivity index (χ2n) is 16.7. The Morgan fingerprint density at radius 2 is 1.73 bits per heavy atom. The number of ether oxygens (including phenoxy) is 7. The van der Waals surface area contributed by atoms with E-state index in [1.165, 1.54) is 12.8 Å². The predicted molar refractivity (Wildman–Crippen MR) is 210 cm³/mol. The minimum atomic E-state index is -1.68. The lowest BCUT2D eigenvalue weighted by Gasteiger charge is -2.41. The van der Waals surface area contributed by atoms with Crippen LogP contribution in [0.15, 0.2) is 36.4 Å². The molecule has 4 heterocycles. The van der Waals surface area contributed by atoms with Gasteiger partial charge in [-0.3, -0.25) is 9.59 Å². The lowest BCUT2D eigenvalue weighted by molar-refractivity contribution is -0.372. The zero-order valence-electron chi connectivity index (χ0n) is 33.7. The fourth-order valence-electron chi connectivity index (χ4n) is 8.97. The molecule has 1 aliphatic carbocycles. The molecule has 3 aromatic rings. The number of esters is 1. The summed E-state index contributed by atoms with van der Waals surface area (Å²) in [6.45, 7) is 4.24. The van der Waals surface area contributed by atoms with Gasteiger partial charge in [0.2, 0.25) is 6.79 Å². The zero-order valence-corrected chi connectivity index (χ0v) is 33.7. The number of rotatable bonds is 16. The molecule has 1 saturated carbocycles. The summed E-state index contributed by atoms with van der Waals surface area (Å²) in [5, 5.41) is 42.2. The van der Waals surface area contributed by atoms with Crippen molar-refractivity contribution in [1.82, 2.24) is 0 Å². The van der Waals surface area contributed by atoms with Crippen molar-refractivity contribution in [2.45, 2.75) is 108 Å². The molecule has 0 radical (unpaired) electrons. The van der Waals surface area contributed by atoms with Crippen LogP contribution in [0.5, 0.6) is 34.5 Å². The highest BCUT2D eigenvalue weighted by molar-refractivity contribution is 5.90. The fourth-order valence-corrected chi connectivity index (χ4v) is 8.97. The van der Waals surface area contributed by atoms with Gasteiger partial charge in [-0.1, -0.05) is 45.6 Å². The largest absolute Gasteiger partial charge is 0.508 e. The molecule has 3 aromatic carbocycles. The van der Waals surface area contributed by atoms with Gasteiger partial charge in [0.1, 0.15) is 54.7 Å². The van der Waals surface area contributed by atoms with Crippen molar-refractivity contribution >= 4 is 11.9 Å². The molecule has 0 aromatic heterocycles. The number of hydrogen-bond acceptors (Lipinski definition) is 15. The Balaban J connectivity index is 1.10.